The van der Waals surface area contributed by atoms with E-state index in [1.165, 1.54) is 19.2 Å². The molecule has 21 heavy (non-hydrogen) atoms. The van der Waals surface area contributed by atoms with Gasteiger partial charge in [0.1, 0.15) is 11.6 Å². The summed E-state index contributed by atoms with van der Waals surface area (Å²) in [6.45, 7) is 1.98. The number of methoxy groups -OCH3 is 1. The van der Waals surface area contributed by atoms with Crippen LogP contribution in [0.1, 0.15) is 36.5 Å². The second kappa shape index (κ2) is 6.24. The van der Waals surface area contributed by atoms with Crippen LogP contribution in [0.2, 0.25) is 0 Å². The second-order valence-corrected chi connectivity index (χ2v) is 5.51. The average molecular weight is 294 g/mol. The standard InChI is InChI=1S/C16H19FO4/c1-3-9-6-12(13(7-9)16(19)20)15(18)11-5-4-10(21-2)8-14(11)17/h4-5,8-9,12-13H,3,6-7H2,1-2H3,(H,19,20). The first-order valence-corrected chi connectivity index (χ1v) is 7.08. The number of carbonyl (C=O) groups excluding carboxylic acids is 1. The monoisotopic (exact) mass is 294 g/mol. The van der Waals surface area contributed by atoms with Gasteiger partial charge in [0, 0.05) is 12.0 Å². The minimum atomic E-state index is -0.974. The van der Waals surface area contributed by atoms with Gasteiger partial charge in [0.05, 0.1) is 18.6 Å². The van der Waals surface area contributed by atoms with Crippen molar-refractivity contribution < 1.29 is 23.8 Å². The summed E-state index contributed by atoms with van der Waals surface area (Å²) in [6.07, 6.45) is 1.83. The van der Waals surface area contributed by atoms with Gasteiger partial charge in [0.15, 0.2) is 5.78 Å². The zero-order valence-electron chi connectivity index (χ0n) is 12.1. The van der Waals surface area contributed by atoms with E-state index in [1.54, 1.807) is 0 Å². The lowest BCUT2D eigenvalue weighted by Crippen LogP contribution is -2.26. The summed E-state index contributed by atoms with van der Waals surface area (Å²) in [7, 11) is 1.42. The predicted molar refractivity (Wildman–Crippen MR) is 74.9 cm³/mol. The maximum Gasteiger partial charge on any atom is 0.307 e. The van der Waals surface area contributed by atoms with Crippen LogP contribution in [-0.2, 0) is 4.79 Å². The first-order valence-electron chi connectivity index (χ1n) is 7.08. The van der Waals surface area contributed by atoms with Crippen LogP contribution in [0.25, 0.3) is 0 Å². The van der Waals surface area contributed by atoms with Gasteiger partial charge in [-0.05, 0) is 30.9 Å². The van der Waals surface area contributed by atoms with E-state index < -0.39 is 29.4 Å². The number of halogens is 1. The molecule has 3 unspecified atom stereocenters. The molecule has 0 saturated heterocycles. The van der Waals surface area contributed by atoms with Crippen molar-refractivity contribution in [3.8, 4) is 5.75 Å². The number of carboxylic acid groups (broad SMARTS) is 1. The highest BCUT2D eigenvalue weighted by Crippen LogP contribution is 2.40. The van der Waals surface area contributed by atoms with Gasteiger partial charge in [-0.2, -0.15) is 0 Å². The Balaban J connectivity index is 2.28. The predicted octanol–water partition coefficient (Wildman–Crippen LogP) is 3.15. The summed E-state index contributed by atoms with van der Waals surface area (Å²) >= 11 is 0. The summed E-state index contributed by atoms with van der Waals surface area (Å²) in [5, 5.41) is 9.28. The van der Waals surface area contributed by atoms with E-state index in [4.69, 9.17) is 4.74 Å². The maximum atomic E-state index is 14.0. The van der Waals surface area contributed by atoms with Crippen molar-refractivity contribution in [1.29, 1.82) is 0 Å². The fourth-order valence-corrected chi connectivity index (χ4v) is 3.06. The third-order valence-corrected chi connectivity index (χ3v) is 4.33. The average Bonchev–Trinajstić information content (AvgIpc) is 2.91. The molecule has 0 heterocycles. The van der Waals surface area contributed by atoms with Crippen LogP contribution in [-0.4, -0.2) is 24.0 Å². The van der Waals surface area contributed by atoms with E-state index in [-0.39, 0.29) is 11.5 Å². The minimum absolute atomic E-state index is 0.0520. The van der Waals surface area contributed by atoms with E-state index in [0.29, 0.717) is 18.6 Å². The van der Waals surface area contributed by atoms with E-state index in [2.05, 4.69) is 0 Å². The van der Waals surface area contributed by atoms with Crippen molar-refractivity contribution >= 4 is 11.8 Å². The third-order valence-electron chi connectivity index (χ3n) is 4.33. The highest BCUT2D eigenvalue weighted by Gasteiger charge is 2.42. The van der Waals surface area contributed by atoms with Crippen molar-refractivity contribution in [3.05, 3.63) is 29.6 Å². The molecule has 0 aromatic heterocycles. The van der Waals surface area contributed by atoms with Crippen molar-refractivity contribution in [2.75, 3.05) is 7.11 Å². The van der Waals surface area contributed by atoms with Crippen molar-refractivity contribution in [2.45, 2.75) is 26.2 Å². The number of ether oxygens (including phenoxy) is 1. The Morgan fingerprint density at radius 2 is 2.00 bits per heavy atom. The van der Waals surface area contributed by atoms with Crippen molar-refractivity contribution in [2.24, 2.45) is 17.8 Å². The molecule has 1 aromatic carbocycles. The van der Waals surface area contributed by atoms with Gasteiger partial charge >= 0.3 is 5.97 Å². The van der Waals surface area contributed by atoms with Gasteiger partial charge in [-0.15, -0.1) is 0 Å². The quantitative estimate of drug-likeness (QED) is 0.847. The molecule has 1 aromatic rings. The van der Waals surface area contributed by atoms with Crippen LogP contribution in [0.15, 0.2) is 18.2 Å². The molecule has 1 fully saturated rings. The lowest BCUT2D eigenvalue weighted by molar-refractivity contribution is -0.142. The number of carbonyl (C=O) groups is 2. The summed E-state index contributed by atoms with van der Waals surface area (Å²) in [5.74, 6) is -2.88. The maximum absolute atomic E-state index is 14.0. The highest BCUT2D eigenvalue weighted by molar-refractivity contribution is 6.00. The first kappa shape index (κ1) is 15.5. The van der Waals surface area contributed by atoms with Gasteiger partial charge < -0.3 is 9.84 Å². The van der Waals surface area contributed by atoms with Crippen molar-refractivity contribution in [1.82, 2.24) is 0 Å². The van der Waals surface area contributed by atoms with Crippen LogP contribution in [0.3, 0.4) is 0 Å². The van der Waals surface area contributed by atoms with Crippen LogP contribution < -0.4 is 4.74 Å². The fourth-order valence-electron chi connectivity index (χ4n) is 3.06. The Kier molecular flexibility index (Phi) is 4.60. The SMILES string of the molecule is CCC1CC(C(=O)O)C(C(=O)c2ccc(OC)cc2F)C1. The summed E-state index contributed by atoms with van der Waals surface area (Å²) in [4.78, 5) is 23.8. The molecule has 1 aliphatic carbocycles. The Hall–Kier alpha value is -1.91. The molecule has 114 valence electrons. The van der Waals surface area contributed by atoms with Crippen LogP contribution in [0.5, 0.6) is 5.75 Å². The fraction of sp³-hybridized carbons (Fsp3) is 0.500. The van der Waals surface area contributed by atoms with E-state index in [1.807, 2.05) is 6.92 Å². The van der Waals surface area contributed by atoms with Crippen LogP contribution >= 0.6 is 0 Å². The molecule has 2 rings (SSSR count). The van der Waals surface area contributed by atoms with E-state index in [0.717, 1.165) is 12.5 Å². The molecule has 4 nitrogen and oxygen atoms in total. The summed E-state index contributed by atoms with van der Waals surface area (Å²) in [5.41, 5.74) is -0.0520. The number of carboxylic acids is 1. The molecule has 0 aliphatic heterocycles. The van der Waals surface area contributed by atoms with E-state index in [9.17, 15) is 19.1 Å². The molecule has 1 saturated carbocycles. The number of hydrogen-bond donors (Lipinski definition) is 1. The Bertz CT molecular complexity index is 555. The molecule has 0 spiro atoms. The Morgan fingerprint density at radius 3 is 2.52 bits per heavy atom. The molecule has 1 aliphatic rings. The number of rotatable bonds is 5. The van der Waals surface area contributed by atoms with Gasteiger partial charge in [0.2, 0.25) is 0 Å². The summed E-state index contributed by atoms with van der Waals surface area (Å²) in [6, 6.07) is 4.03. The summed E-state index contributed by atoms with van der Waals surface area (Å²) < 4.78 is 18.9. The highest BCUT2D eigenvalue weighted by atomic mass is 19.1. The number of hydrogen-bond acceptors (Lipinski definition) is 3. The zero-order chi connectivity index (χ0) is 15.6. The molecular weight excluding hydrogens is 275 g/mol. The molecular formula is C16H19FO4. The molecule has 3 atom stereocenters. The molecule has 5 heteroatoms. The molecule has 0 amide bonds. The van der Waals surface area contributed by atoms with E-state index >= 15 is 0 Å². The Morgan fingerprint density at radius 1 is 1.33 bits per heavy atom. The van der Waals surface area contributed by atoms with Crippen LogP contribution in [0, 0.1) is 23.6 Å². The lowest BCUT2D eigenvalue weighted by Gasteiger charge is -2.15. The number of Topliss-reactive ketones (excluding diaryl/α,β-unsaturated/α-hetero) is 1. The normalized spacial score (nSPS) is 24.8. The largest absolute Gasteiger partial charge is 0.497 e. The number of benzene rings is 1. The van der Waals surface area contributed by atoms with Gasteiger partial charge in [-0.1, -0.05) is 13.3 Å². The number of ketones is 1. The number of aliphatic carboxylic acids is 1. The second-order valence-electron chi connectivity index (χ2n) is 5.51. The van der Waals surface area contributed by atoms with Crippen LogP contribution in [0.4, 0.5) is 4.39 Å². The third kappa shape index (κ3) is 3.06. The zero-order valence-corrected chi connectivity index (χ0v) is 12.1. The van der Waals surface area contributed by atoms with Crippen molar-refractivity contribution in [3.63, 3.8) is 0 Å². The molecule has 0 radical (unpaired) electrons. The molecule has 1 N–H and O–H groups in total. The van der Waals surface area contributed by atoms with Gasteiger partial charge in [-0.25, -0.2) is 4.39 Å². The Labute approximate surface area is 122 Å². The topological polar surface area (TPSA) is 63.6 Å². The lowest BCUT2D eigenvalue weighted by atomic mass is 9.88. The van der Waals surface area contributed by atoms with Gasteiger partial charge in [0.25, 0.3) is 0 Å². The van der Waals surface area contributed by atoms with Gasteiger partial charge in [-0.3, -0.25) is 9.59 Å². The smallest absolute Gasteiger partial charge is 0.307 e. The minimum Gasteiger partial charge on any atom is -0.497 e. The first-order chi connectivity index (χ1) is 9.97. The molecule has 0 bridgehead atoms.